The second kappa shape index (κ2) is 12.3. The van der Waals surface area contributed by atoms with Crippen molar-refractivity contribution < 1.29 is 19.9 Å². The van der Waals surface area contributed by atoms with Crippen LogP contribution in [0.25, 0.3) is 0 Å². The summed E-state index contributed by atoms with van der Waals surface area (Å²) in [6.07, 6.45) is 4.60. The second-order valence-electron chi connectivity index (χ2n) is 4.05. The molecule has 0 aromatic rings. The highest BCUT2D eigenvalue weighted by atomic mass is 16.9. The summed E-state index contributed by atoms with van der Waals surface area (Å²) < 4.78 is 0. The summed E-state index contributed by atoms with van der Waals surface area (Å²) in [5, 5.41) is 18.8. The van der Waals surface area contributed by atoms with Crippen molar-refractivity contribution in [2.45, 2.75) is 39.5 Å². The van der Waals surface area contributed by atoms with E-state index in [1.54, 1.807) is 0 Å². The Labute approximate surface area is 104 Å². The molecule has 5 nitrogen and oxygen atoms in total. The van der Waals surface area contributed by atoms with E-state index in [-0.39, 0.29) is 26.4 Å². The van der Waals surface area contributed by atoms with E-state index in [1.165, 1.54) is 18.1 Å². The molecule has 0 aliphatic carbocycles. The lowest BCUT2D eigenvalue weighted by Gasteiger charge is -2.24. The van der Waals surface area contributed by atoms with Gasteiger partial charge in [-0.25, -0.2) is 0 Å². The fraction of sp³-hybridized carbons (Fsp3) is 1.00. The van der Waals surface area contributed by atoms with Gasteiger partial charge in [0.05, 0.1) is 33.0 Å². The first-order valence-corrected chi connectivity index (χ1v) is 6.53. The van der Waals surface area contributed by atoms with Crippen molar-refractivity contribution in [1.82, 2.24) is 5.23 Å². The third kappa shape index (κ3) is 9.50. The van der Waals surface area contributed by atoms with E-state index in [9.17, 15) is 0 Å². The van der Waals surface area contributed by atoms with Crippen LogP contribution in [0.5, 0.6) is 0 Å². The van der Waals surface area contributed by atoms with Crippen LogP contribution in [0.1, 0.15) is 39.5 Å². The van der Waals surface area contributed by atoms with Crippen molar-refractivity contribution in [3.63, 3.8) is 0 Å². The van der Waals surface area contributed by atoms with Crippen LogP contribution in [0.2, 0.25) is 0 Å². The molecule has 1 atom stereocenters. The van der Waals surface area contributed by atoms with Gasteiger partial charge < -0.3 is 10.2 Å². The van der Waals surface area contributed by atoms with E-state index in [0.29, 0.717) is 12.5 Å². The number of unbranched alkanes of at least 4 members (excludes halogenated alkanes) is 1. The fourth-order valence-electron chi connectivity index (χ4n) is 1.56. The van der Waals surface area contributed by atoms with Crippen LogP contribution in [0.4, 0.5) is 0 Å². The molecule has 5 heteroatoms. The SMILES string of the molecule is CCCCC(CC)CN(OCCO)OCCO. The molecule has 0 aromatic heterocycles. The number of hydrogen-bond acceptors (Lipinski definition) is 5. The Morgan fingerprint density at radius 1 is 1.06 bits per heavy atom. The van der Waals surface area contributed by atoms with Crippen molar-refractivity contribution in [2.24, 2.45) is 5.92 Å². The molecule has 2 N–H and O–H groups in total. The zero-order chi connectivity index (χ0) is 12.9. The Hall–Kier alpha value is -0.200. The lowest BCUT2D eigenvalue weighted by molar-refractivity contribution is -0.375. The van der Waals surface area contributed by atoms with E-state index < -0.39 is 0 Å². The lowest BCUT2D eigenvalue weighted by Crippen LogP contribution is -2.32. The summed E-state index contributed by atoms with van der Waals surface area (Å²) in [4.78, 5) is 10.5. The molecule has 0 amide bonds. The molecule has 1 unspecified atom stereocenters. The van der Waals surface area contributed by atoms with Gasteiger partial charge >= 0.3 is 0 Å². The highest BCUT2D eigenvalue weighted by molar-refractivity contribution is 4.57. The third-order valence-corrected chi connectivity index (χ3v) is 2.60. The molecule has 0 aliphatic heterocycles. The highest BCUT2D eigenvalue weighted by Crippen LogP contribution is 2.14. The molecule has 0 spiro atoms. The van der Waals surface area contributed by atoms with Crippen LogP contribution in [-0.4, -0.2) is 48.4 Å². The monoisotopic (exact) mass is 249 g/mol. The normalized spacial score (nSPS) is 13.2. The highest BCUT2D eigenvalue weighted by Gasteiger charge is 2.13. The van der Waals surface area contributed by atoms with Crippen LogP contribution in [0.3, 0.4) is 0 Å². The Bertz CT molecular complexity index is 149. The van der Waals surface area contributed by atoms with Gasteiger partial charge in [0.25, 0.3) is 0 Å². The summed E-state index contributed by atoms with van der Waals surface area (Å²) >= 11 is 0. The predicted molar refractivity (Wildman–Crippen MR) is 66.1 cm³/mol. The first-order chi connectivity index (χ1) is 8.28. The van der Waals surface area contributed by atoms with Crippen LogP contribution in [0.15, 0.2) is 0 Å². The van der Waals surface area contributed by atoms with Crippen LogP contribution in [-0.2, 0) is 9.68 Å². The van der Waals surface area contributed by atoms with Gasteiger partial charge in [-0.1, -0.05) is 38.3 Å². The Kier molecular flexibility index (Phi) is 12.1. The fourth-order valence-corrected chi connectivity index (χ4v) is 1.56. The maximum atomic E-state index is 8.72. The Morgan fingerprint density at radius 2 is 1.65 bits per heavy atom. The van der Waals surface area contributed by atoms with Gasteiger partial charge in [0, 0.05) is 0 Å². The first-order valence-electron chi connectivity index (χ1n) is 6.53. The predicted octanol–water partition coefficient (Wildman–Crippen LogP) is 1.35. The van der Waals surface area contributed by atoms with Gasteiger partial charge in [-0.3, -0.25) is 9.68 Å². The van der Waals surface area contributed by atoms with Crippen molar-refractivity contribution in [1.29, 1.82) is 0 Å². The molecule has 0 radical (unpaired) electrons. The molecule has 17 heavy (non-hydrogen) atoms. The topological polar surface area (TPSA) is 62.2 Å². The zero-order valence-electron chi connectivity index (χ0n) is 11.1. The standard InChI is InChI=1S/C12H27NO4/c1-3-5-6-12(4-2)11-13(16-9-7-14)17-10-8-15/h12,14-15H,3-11H2,1-2H3. The zero-order valence-corrected chi connectivity index (χ0v) is 11.1. The minimum Gasteiger partial charge on any atom is -0.394 e. The van der Waals surface area contributed by atoms with Gasteiger partial charge in [0.1, 0.15) is 0 Å². The number of rotatable bonds is 12. The van der Waals surface area contributed by atoms with Crippen molar-refractivity contribution in [3.8, 4) is 0 Å². The summed E-state index contributed by atoms with van der Waals surface area (Å²) in [5.41, 5.74) is 0. The lowest BCUT2D eigenvalue weighted by atomic mass is 10.00. The maximum absolute atomic E-state index is 8.72. The van der Waals surface area contributed by atoms with E-state index >= 15 is 0 Å². The average molecular weight is 249 g/mol. The smallest absolute Gasteiger partial charge is 0.0942 e. The maximum Gasteiger partial charge on any atom is 0.0942 e. The van der Waals surface area contributed by atoms with E-state index in [4.69, 9.17) is 19.9 Å². The van der Waals surface area contributed by atoms with E-state index in [1.807, 2.05) is 0 Å². The van der Waals surface area contributed by atoms with Gasteiger partial charge in [-0.2, -0.15) is 0 Å². The number of nitrogens with zero attached hydrogens (tertiary/aromatic N) is 1. The molecule has 0 saturated carbocycles. The van der Waals surface area contributed by atoms with Gasteiger partial charge in [-0.05, 0) is 12.3 Å². The third-order valence-electron chi connectivity index (χ3n) is 2.60. The molecule has 0 aromatic carbocycles. The van der Waals surface area contributed by atoms with Gasteiger partial charge in [0.15, 0.2) is 0 Å². The van der Waals surface area contributed by atoms with Crippen LogP contribution < -0.4 is 0 Å². The van der Waals surface area contributed by atoms with E-state index in [2.05, 4.69) is 13.8 Å². The Morgan fingerprint density at radius 3 is 2.06 bits per heavy atom. The molecular formula is C12H27NO4. The van der Waals surface area contributed by atoms with E-state index in [0.717, 1.165) is 12.8 Å². The summed E-state index contributed by atoms with van der Waals surface area (Å²) in [6, 6.07) is 0. The minimum absolute atomic E-state index is 0.0370. The van der Waals surface area contributed by atoms with Gasteiger partial charge in [0.2, 0.25) is 0 Å². The van der Waals surface area contributed by atoms with Gasteiger partial charge in [-0.15, -0.1) is 0 Å². The van der Waals surface area contributed by atoms with Crippen LogP contribution >= 0.6 is 0 Å². The summed E-state index contributed by atoms with van der Waals surface area (Å²) in [6.45, 7) is 5.36. The quantitative estimate of drug-likeness (QED) is 0.511. The molecule has 0 rings (SSSR count). The molecule has 0 bridgehead atoms. The van der Waals surface area contributed by atoms with Crippen LogP contribution in [0, 0.1) is 5.92 Å². The Balaban J connectivity index is 3.97. The number of aliphatic hydroxyl groups excluding tert-OH is 2. The molecule has 0 fully saturated rings. The number of hydrogen-bond donors (Lipinski definition) is 2. The second-order valence-corrected chi connectivity index (χ2v) is 4.05. The first kappa shape index (κ1) is 16.8. The molecule has 0 heterocycles. The minimum atomic E-state index is -0.0370. The average Bonchev–Trinajstić information content (AvgIpc) is 2.36. The number of aliphatic hydroxyl groups is 2. The molecule has 0 saturated heterocycles. The molecular weight excluding hydrogens is 222 g/mol. The molecule has 0 aliphatic rings. The summed E-state index contributed by atoms with van der Waals surface area (Å²) in [5.74, 6) is 0.521. The van der Waals surface area contributed by atoms with Crippen molar-refractivity contribution in [3.05, 3.63) is 0 Å². The number of hydroxylamine groups is 2. The summed E-state index contributed by atoms with van der Waals surface area (Å²) in [7, 11) is 0. The largest absolute Gasteiger partial charge is 0.394 e. The molecule has 104 valence electrons. The van der Waals surface area contributed by atoms with Crippen molar-refractivity contribution in [2.75, 3.05) is 33.0 Å². The van der Waals surface area contributed by atoms with Crippen molar-refractivity contribution >= 4 is 0 Å².